The molecule has 3 aliphatic rings. The Morgan fingerprint density at radius 2 is 1.87 bits per heavy atom. The molecule has 286 valence electrons. The largest absolute Gasteiger partial charge is 0.433 e. The summed E-state index contributed by atoms with van der Waals surface area (Å²) in [6.45, 7) is 12.3. The van der Waals surface area contributed by atoms with Crippen molar-refractivity contribution in [2.75, 3.05) is 18.4 Å². The summed E-state index contributed by atoms with van der Waals surface area (Å²) in [6.07, 6.45) is -0.0437. The number of aryl methyl sites for hydroxylation is 2. The fourth-order valence-electron chi connectivity index (χ4n) is 7.89. The van der Waals surface area contributed by atoms with E-state index >= 15 is 0 Å². The molecule has 3 N–H and O–H groups in total. The average molecular weight is 748 g/mol. The highest BCUT2D eigenvalue weighted by Gasteiger charge is 2.72. The van der Waals surface area contributed by atoms with Gasteiger partial charge in [-0.15, -0.1) is 0 Å². The summed E-state index contributed by atoms with van der Waals surface area (Å²) in [5.41, 5.74) is 1.79. The number of Topliss-reactive ketones (excluding diaryl/α,β-unsaturated/α-hetero) is 1. The average Bonchev–Trinajstić information content (AvgIpc) is 3.38. The number of alkyl halides is 3. The molecular weight excluding hydrogens is 703 g/mol. The topological polar surface area (TPSA) is 163 Å². The van der Waals surface area contributed by atoms with Gasteiger partial charge in [-0.05, 0) is 99.6 Å². The second-order valence-electron chi connectivity index (χ2n) is 14.5. The van der Waals surface area contributed by atoms with Crippen molar-refractivity contribution in [3.8, 4) is 0 Å². The van der Waals surface area contributed by atoms with Gasteiger partial charge in [-0.2, -0.15) is 18.3 Å². The number of hydrogen-bond acceptors (Lipinski definition) is 7. The number of urea groups is 1. The van der Waals surface area contributed by atoms with Crippen LogP contribution in [0.15, 0.2) is 40.5 Å². The molecule has 0 spiro atoms. The van der Waals surface area contributed by atoms with E-state index in [1.165, 1.54) is 29.5 Å². The molecule has 54 heavy (non-hydrogen) atoms. The quantitative estimate of drug-likeness (QED) is 0.172. The SMILES string of the molecule is C=NC(C)=N/C=C(\C)c1cc2c3c(c1)c(C(C)=O)nn3CC(=O)N1[C@H](C(=O)Nc3nc(C(F)(F)F)ccc3C)C[C@@]3(CNC(=O)NCCCCC2)[C@@H](C)[C@@H]13. The van der Waals surface area contributed by atoms with Crippen molar-refractivity contribution >= 4 is 58.5 Å². The van der Waals surface area contributed by atoms with Crippen molar-refractivity contribution in [1.29, 1.82) is 0 Å². The number of aromatic nitrogens is 3. The number of rotatable bonds is 5. The number of allylic oxidation sites excluding steroid dienone is 1. The van der Waals surface area contributed by atoms with Gasteiger partial charge in [0.05, 0.1) is 5.52 Å². The molecule has 16 heteroatoms. The number of benzene rings is 1. The Kier molecular flexibility index (Phi) is 10.5. The highest BCUT2D eigenvalue weighted by Crippen LogP contribution is 2.64. The number of amidine groups is 1. The van der Waals surface area contributed by atoms with E-state index in [9.17, 15) is 32.3 Å². The van der Waals surface area contributed by atoms with Crippen molar-refractivity contribution < 1.29 is 32.3 Å². The number of amides is 4. The molecule has 1 aromatic carbocycles. The first-order chi connectivity index (χ1) is 25.5. The van der Waals surface area contributed by atoms with Gasteiger partial charge in [-0.3, -0.25) is 19.1 Å². The second-order valence-corrected chi connectivity index (χ2v) is 14.5. The third-order valence-corrected chi connectivity index (χ3v) is 10.9. The highest BCUT2D eigenvalue weighted by atomic mass is 19.4. The van der Waals surface area contributed by atoms with Crippen LogP contribution in [-0.2, 0) is 28.7 Å². The first kappa shape index (κ1) is 38.3. The first-order valence-corrected chi connectivity index (χ1v) is 18.0. The van der Waals surface area contributed by atoms with Crippen LogP contribution < -0.4 is 16.0 Å². The van der Waals surface area contributed by atoms with E-state index in [4.69, 9.17) is 0 Å². The molecule has 4 amide bonds. The molecule has 4 atom stereocenters. The van der Waals surface area contributed by atoms with Gasteiger partial charge in [0.2, 0.25) is 11.8 Å². The summed E-state index contributed by atoms with van der Waals surface area (Å²) in [6, 6.07) is 4.02. The molecule has 1 aliphatic carbocycles. The molecule has 1 saturated carbocycles. The summed E-state index contributed by atoms with van der Waals surface area (Å²) >= 11 is 0. The molecule has 13 nitrogen and oxygen atoms in total. The lowest BCUT2D eigenvalue weighted by Gasteiger charge is -2.28. The second kappa shape index (κ2) is 14.8. The van der Waals surface area contributed by atoms with Gasteiger partial charge in [-0.1, -0.05) is 19.4 Å². The monoisotopic (exact) mass is 747 g/mol. The van der Waals surface area contributed by atoms with Crippen molar-refractivity contribution in [3.05, 3.63) is 58.5 Å². The van der Waals surface area contributed by atoms with Crippen LogP contribution in [0, 0.1) is 18.3 Å². The predicted octanol–water partition coefficient (Wildman–Crippen LogP) is 5.71. The van der Waals surface area contributed by atoms with Crippen LogP contribution in [0.3, 0.4) is 0 Å². The Morgan fingerprint density at radius 3 is 2.57 bits per heavy atom. The molecule has 2 bridgehead atoms. The number of carbonyl (C=O) groups is 4. The lowest BCUT2D eigenvalue weighted by atomic mass is 9.95. The number of piperidine rings is 1. The number of nitrogens with one attached hydrogen (secondary N) is 3. The molecule has 0 unspecified atom stereocenters. The fourth-order valence-corrected chi connectivity index (χ4v) is 7.89. The Balaban J connectivity index is 1.42. The molecule has 4 heterocycles. The molecule has 2 aliphatic heterocycles. The van der Waals surface area contributed by atoms with Crippen LogP contribution in [0.2, 0.25) is 0 Å². The zero-order valence-electron chi connectivity index (χ0n) is 30.9. The van der Waals surface area contributed by atoms with Gasteiger partial charge < -0.3 is 20.9 Å². The van der Waals surface area contributed by atoms with Crippen molar-refractivity contribution in [1.82, 2.24) is 30.3 Å². The van der Waals surface area contributed by atoms with Gasteiger partial charge in [0.25, 0.3) is 0 Å². The number of halogens is 3. The number of pyridine rings is 1. The van der Waals surface area contributed by atoms with Gasteiger partial charge in [-0.25, -0.2) is 19.8 Å². The van der Waals surface area contributed by atoms with Crippen LogP contribution in [0.5, 0.6) is 0 Å². The molecule has 6 rings (SSSR count). The van der Waals surface area contributed by atoms with Crippen LogP contribution >= 0.6 is 0 Å². The summed E-state index contributed by atoms with van der Waals surface area (Å²) in [5, 5.41) is 13.6. The number of nitrogens with zero attached hydrogens (tertiary/aromatic N) is 6. The van der Waals surface area contributed by atoms with E-state index in [1.54, 1.807) is 13.1 Å². The lowest BCUT2D eigenvalue weighted by molar-refractivity contribution is -0.141. The van der Waals surface area contributed by atoms with E-state index in [0.717, 1.165) is 42.0 Å². The smallest absolute Gasteiger partial charge is 0.338 e. The molecule has 3 aromatic rings. The number of anilines is 1. The van der Waals surface area contributed by atoms with Gasteiger partial charge >= 0.3 is 12.2 Å². The normalized spacial score (nSPS) is 24.0. The Hall–Kier alpha value is -5.41. The zero-order chi connectivity index (χ0) is 39.1. The Labute approximate surface area is 310 Å². The molecule has 1 saturated heterocycles. The molecular formula is C38H44F3N9O4. The maximum absolute atomic E-state index is 14.6. The highest BCUT2D eigenvalue weighted by molar-refractivity contribution is 6.07. The summed E-state index contributed by atoms with van der Waals surface area (Å²) in [7, 11) is 0. The maximum Gasteiger partial charge on any atom is 0.433 e. The summed E-state index contributed by atoms with van der Waals surface area (Å²) in [4.78, 5) is 67.8. The molecule has 2 aromatic heterocycles. The Bertz CT molecular complexity index is 2110. The van der Waals surface area contributed by atoms with Crippen LogP contribution in [-0.4, -0.2) is 81.0 Å². The van der Waals surface area contributed by atoms with E-state index in [-0.39, 0.29) is 48.8 Å². The lowest BCUT2D eigenvalue weighted by Crippen LogP contribution is -2.47. The first-order valence-electron chi connectivity index (χ1n) is 18.0. The van der Waals surface area contributed by atoms with Crippen LogP contribution in [0.1, 0.15) is 86.3 Å². The third kappa shape index (κ3) is 7.37. The van der Waals surface area contributed by atoms with Crippen molar-refractivity contribution in [2.45, 2.75) is 91.5 Å². The molecule has 2 fully saturated rings. The van der Waals surface area contributed by atoms with Crippen molar-refractivity contribution in [2.24, 2.45) is 21.3 Å². The minimum absolute atomic E-state index is 0.101. The minimum Gasteiger partial charge on any atom is -0.338 e. The van der Waals surface area contributed by atoms with Crippen LogP contribution in [0.4, 0.5) is 23.8 Å². The number of aliphatic imine (C=N–C) groups is 2. The van der Waals surface area contributed by atoms with Gasteiger partial charge in [0.1, 0.15) is 35.6 Å². The minimum atomic E-state index is -4.73. The Morgan fingerprint density at radius 1 is 1.11 bits per heavy atom. The fraction of sp³-hybridized carbons (Fsp3) is 0.474. The van der Waals surface area contributed by atoms with Gasteiger partial charge in [0.15, 0.2) is 5.78 Å². The van der Waals surface area contributed by atoms with Gasteiger partial charge in [0, 0.05) is 43.1 Å². The summed E-state index contributed by atoms with van der Waals surface area (Å²) in [5.74, 6) is -1.31. The zero-order valence-corrected chi connectivity index (χ0v) is 30.9. The summed E-state index contributed by atoms with van der Waals surface area (Å²) < 4.78 is 42.1. The van der Waals surface area contributed by atoms with E-state index in [2.05, 4.69) is 42.7 Å². The maximum atomic E-state index is 14.6. The van der Waals surface area contributed by atoms with E-state index in [0.29, 0.717) is 35.3 Å². The van der Waals surface area contributed by atoms with Crippen molar-refractivity contribution in [3.63, 3.8) is 0 Å². The van der Waals surface area contributed by atoms with E-state index in [1.807, 2.05) is 26.0 Å². The van der Waals surface area contributed by atoms with Crippen LogP contribution in [0.25, 0.3) is 16.5 Å². The van der Waals surface area contributed by atoms with E-state index < -0.39 is 41.2 Å². The number of carbonyl (C=O) groups excluding carboxylic acids is 4. The molecule has 0 radical (unpaired) electrons. The third-order valence-electron chi connectivity index (χ3n) is 10.9. The standard InChI is InChI=1S/C38H44F3N9O4/c1-20-11-12-29(38(39,40)41)46-34(20)47-35(53)28-16-37-19-45-36(54)43-13-9-7-8-10-25-14-26(21(2)17-44-24(5)42-6)15-27-31(23(4)51)48-49(32(25)27)18-30(52)50(28)33(37)22(37)3/h11-12,14-15,17,22,28,33H,6-10,13,16,18-19H2,1-5H3,(H2,43,45,54)(H,46,47,53)/b21-17+,44-24?/t22-,28-,33+,37+/m0/s1. The number of ketones is 1. The number of hydrogen-bond donors (Lipinski definition) is 3. The predicted molar refractivity (Wildman–Crippen MR) is 198 cm³/mol.